The second-order valence-electron chi connectivity index (χ2n) is 3.82. The van der Waals surface area contributed by atoms with Gasteiger partial charge in [-0.25, -0.2) is 0 Å². The molecule has 0 aliphatic heterocycles. The van der Waals surface area contributed by atoms with Crippen molar-refractivity contribution in [2.75, 3.05) is 19.6 Å². The standard InChI is InChI=1S/C11H21NO4.2Na/c1-3-6-12(7-4-2)8-5-9(10(13)14)11(15)16;;/h9H,3-8H2,1-2H3,(H,13,14)(H,15,16);;/q;2*+1/p-2. The van der Waals surface area contributed by atoms with Gasteiger partial charge in [0, 0.05) is 5.92 Å². The van der Waals surface area contributed by atoms with E-state index in [0.717, 1.165) is 25.9 Å². The van der Waals surface area contributed by atoms with Gasteiger partial charge >= 0.3 is 59.1 Å². The zero-order valence-electron chi connectivity index (χ0n) is 11.9. The van der Waals surface area contributed by atoms with Crippen LogP contribution in [-0.2, 0) is 9.59 Å². The van der Waals surface area contributed by atoms with Crippen molar-refractivity contribution in [2.45, 2.75) is 33.1 Å². The molecule has 0 atom stereocenters. The van der Waals surface area contributed by atoms with Crippen LogP contribution in [0.25, 0.3) is 0 Å². The third kappa shape index (κ3) is 10.8. The van der Waals surface area contributed by atoms with E-state index in [-0.39, 0.29) is 65.5 Å². The van der Waals surface area contributed by atoms with Gasteiger partial charge in [0.25, 0.3) is 0 Å². The Bertz CT molecular complexity index is 219. The Balaban J connectivity index is -0.00000112. The van der Waals surface area contributed by atoms with Crippen molar-refractivity contribution < 1.29 is 78.9 Å². The molecule has 18 heavy (non-hydrogen) atoms. The Morgan fingerprint density at radius 3 is 1.61 bits per heavy atom. The van der Waals surface area contributed by atoms with Gasteiger partial charge in [0.1, 0.15) is 0 Å². The first-order valence-electron chi connectivity index (χ1n) is 5.66. The van der Waals surface area contributed by atoms with Crippen LogP contribution in [0.1, 0.15) is 33.1 Å². The fourth-order valence-electron chi connectivity index (χ4n) is 1.61. The molecule has 0 N–H and O–H groups in total. The average molecular weight is 275 g/mol. The van der Waals surface area contributed by atoms with Crippen LogP contribution in [-0.4, -0.2) is 36.5 Å². The molecule has 0 rings (SSSR count). The van der Waals surface area contributed by atoms with Crippen molar-refractivity contribution in [3.05, 3.63) is 0 Å². The molecule has 0 aliphatic carbocycles. The third-order valence-corrected chi connectivity index (χ3v) is 2.38. The third-order valence-electron chi connectivity index (χ3n) is 2.38. The number of aliphatic carboxylic acids is 2. The molecular weight excluding hydrogens is 256 g/mol. The number of carbonyl (C=O) groups excluding carboxylic acids is 2. The molecule has 0 aliphatic rings. The summed E-state index contributed by atoms with van der Waals surface area (Å²) in [5.74, 6) is -4.63. The van der Waals surface area contributed by atoms with Gasteiger partial charge in [0.05, 0.1) is 11.9 Å². The molecule has 94 valence electrons. The molecule has 0 saturated carbocycles. The largest absolute Gasteiger partial charge is 1.00 e. The predicted molar refractivity (Wildman–Crippen MR) is 55.1 cm³/mol. The van der Waals surface area contributed by atoms with Gasteiger partial charge < -0.3 is 24.7 Å². The molecule has 0 bridgehead atoms. The van der Waals surface area contributed by atoms with Crippen LogP contribution in [0.15, 0.2) is 0 Å². The molecule has 0 aromatic heterocycles. The minimum atomic E-state index is -1.56. The van der Waals surface area contributed by atoms with Crippen LogP contribution in [0.3, 0.4) is 0 Å². The maximum Gasteiger partial charge on any atom is 1.00 e. The molecular formula is C11H19NNa2O4. The first kappa shape index (κ1) is 24.0. The van der Waals surface area contributed by atoms with Crippen molar-refractivity contribution in [3.63, 3.8) is 0 Å². The monoisotopic (exact) mass is 275 g/mol. The van der Waals surface area contributed by atoms with Crippen LogP contribution in [0.4, 0.5) is 0 Å². The van der Waals surface area contributed by atoms with Crippen LogP contribution in [0, 0.1) is 5.92 Å². The second kappa shape index (κ2) is 14.3. The van der Waals surface area contributed by atoms with E-state index >= 15 is 0 Å². The normalized spacial score (nSPS) is 9.78. The maximum atomic E-state index is 10.5. The summed E-state index contributed by atoms with van der Waals surface area (Å²) in [7, 11) is 0. The topological polar surface area (TPSA) is 83.5 Å². The Hall–Kier alpha value is 0.900. The van der Waals surface area contributed by atoms with Crippen molar-refractivity contribution in [2.24, 2.45) is 5.92 Å². The number of carboxylic acid groups (broad SMARTS) is 2. The molecule has 0 heterocycles. The zero-order valence-corrected chi connectivity index (χ0v) is 15.9. The van der Waals surface area contributed by atoms with Gasteiger partial charge in [-0.15, -0.1) is 0 Å². The Labute approximate surface area is 153 Å². The summed E-state index contributed by atoms with van der Waals surface area (Å²) < 4.78 is 0. The molecule has 0 unspecified atom stereocenters. The number of carboxylic acids is 2. The summed E-state index contributed by atoms with van der Waals surface area (Å²) in [6, 6.07) is 0. The van der Waals surface area contributed by atoms with E-state index in [2.05, 4.69) is 4.90 Å². The van der Waals surface area contributed by atoms with Crippen LogP contribution in [0.5, 0.6) is 0 Å². The summed E-state index contributed by atoms with van der Waals surface area (Å²) in [5, 5.41) is 21.0. The van der Waals surface area contributed by atoms with E-state index in [1.54, 1.807) is 0 Å². The van der Waals surface area contributed by atoms with Crippen LogP contribution < -0.4 is 69.3 Å². The number of hydrogen-bond donors (Lipinski definition) is 0. The Kier molecular flexibility index (Phi) is 19.0. The molecule has 0 aromatic rings. The average Bonchev–Trinajstić information content (AvgIpc) is 2.17. The summed E-state index contributed by atoms with van der Waals surface area (Å²) in [4.78, 5) is 23.1. The fraction of sp³-hybridized carbons (Fsp3) is 0.818. The van der Waals surface area contributed by atoms with Crippen molar-refractivity contribution in [1.82, 2.24) is 4.90 Å². The van der Waals surface area contributed by atoms with Crippen molar-refractivity contribution >= 4 is 11.9 Å². The molecule has 5 nitrogen and oxygen atoms in total. The first-order valence-corrected chi connectivity index (χ1v) is 5.66. The van der Waals surface area contributed by atoms with Crippen molar-refractivity contribution in [1.29, 1.82) is 0 Å². The summed E-state index contributed by atoms with van der Waals surface area (Å²) in [6.45, 7) is 6.20. The number of nitrogens with zero attached hydrogens (tertiary/aromatic N) is 1. The Morgan fingerprint density at radius 1 is 0.944 bits per heavy atom. The minimum absolute atomic E-state index is 0. The molecule has 0 radical (unpaired) electrons. The van der Waals surface area contributed by atoms with Gasteiger partial charge in [-0.3, -0.25) is 0 Å². The summed E-state index contributed by atoms with van der Waals surface area (Å²) >= 11 is 0. The number of carbonyl (C=O) groups is 2. The minimum Gasteiger partial charge on any atom is -0.549 e. The molecule has 0 spiro atoms. The SMILES string of the molecule is CCCN(CCC)CCC(C(=O)[O-])C(=O)[O-].[Na+].[Na+]. The van der Waals surface area contributed by atoms with Crippen molar-refractivity contribution in [3.8, 4) is 0 Å². The van der Waals surface area contributed by atoms with E-state index in [4.69, 9.17) is 0 Å². The van der Waals surface area contributed by atoms with Gasteiger partial charge in [-0.05, 0) is 38.9 Å². The van der Waals surface area contributed by atoms with Gasteiger partial charge in [-0.2, -0.15) is 0 Å². The van der Waals surface area contributed by atoms with E-state index in [9.17, 15) is 19.8 Å². The fourth-order valence-corrected chi connectivity index (χ4v) is 1.61. The van der Waals surface area contributed by atoms with E-state index in [1.165, 1.54) is 0 Å². The van der Waals surface area contributed by atoms with Gasteiger partial charge in [-0.1, -0.05) is 13.8 Å². The van der Waals surface area contributed by atoms with Gasteiger partial charge in [0.15, 0.2) is 0 Å². The van der Waals surface area contributed by atoms with E-state index < -0.39 is 17.9 Å². The molecule has 0 fully saturated rings. The number of rotatable bonds is 9. The molecule has 0 saturated heterocycles. The summed E-state index contributed by atoms with van der Waals surface area (Å²) in [6.07, 6.45) is 1.97. The predicted octanol–water partition coefficient (Wildman–Crippen LogP) is -7.38. The second-order valence-corrected chi connectivity index (χ2v) is 3.82. The quantitative estimate of drug-likeness (QED) is 0.308. The summed E-state index contributed by atoms with van der Waals surface area (Å²) in [5.41, 5.74) is 0. The van der Waals surface area contributed by atoms with Crippen LogP contribution in [0.2, 0.25) is 0 Å². The number of hydrogen-bond acceptors (Lipinski definition) is 5. The van der Waals surface area contributed by atoms with E-state index in [0.29, 0.717) is 6.54 Å². The van der Waals surface area contributed by atoms with Crippen LogP contribution >= 0.6 is 0 Å². The zero-order chi connectivity index (χ0) is 12.6. The first-order chi connectivity index (χ1) is 7.52. The van der Waals surface area contributed by atoms with Gasteiger partial charge in [0.2, 0.25) is 0 Å². The maximum absolute atomic E-state index is 10.5. The molecule has 0 aromatic carbocycles. The molecule has 7 heteroatoms. The molecule has 0 amide bonds. The smallest absolute Gasteiger partial charge is 0.549 e. The Morgan fingerprint density at radius 2 is 1.33 bits per heavy atom. The van der Waals surface area contributed by atoms with E-state index in [1.807, 2.05) is 13.8 Å².